The molecule has 1 unspecified atom stereocenters. The van der Waals surface area contributed by atoms with Crippen molar-refractivity contribution in [1.82, 2.24) is 9.97 Å². The molecular weight excluding hydrogens is 431 g/mol. The third kappa shape index (κ3) is 3.78. The van der Waals surface area contributed by atoms with Crippen molar-refractivity contribution in [2.45, 2.75) is 12.5 Å². The van der Waals surface area contributed by atoms with Crippen molar-refractivity contribution in [2.24, 2.45) is 4.99 Å². The number of halogens is 2. The number of nitrogens with zero attached hydrogens (tertiary/aromatic N) is 1. The molecule has 7 heteroatoms. The SMILES string of the molecule is C=C1Nc2ccc(Cl)cc2C(c2ccc3[nH]c(=O)[nH]c3c2)=NC1Cc1ccccc1Cl. The molecular formula is C24H18Cl2N4O. The molecule has 1 aliphatic heterocycles. The number of benzodiazepines with no additional fused rings is 1. The van der Waals surface area contributed by atoms with E-state index in [1.807, 2.05) is 60.7 Å². The molecule has 3 aromatic carbocycles. The second-order valence-corrected chi connectivity index (χ2v) is 8.31. The number of aliphatic imine (C=N–C) groups is 1. The minimum atomic E-state index is -0.248. The zero-order valence-corrected chi connectivity index (χ0v) is 17.9. The first-order valence-electron chi connectivity index (χ1n) is 9.77. The quantitative estimate of drug-likeness (QED) is 0.384. The lowest BCUT2D eigenvalue weighted by Crippen LogP contribution is -2.17. The Balaban J connectivity index is 1.67. The fraction of sp³-hybridized carbons (Fsp3) is 0.0833. The summed E-state index contributed by atoms with van der Waals surface area (Å²) in [6.45, 7) is 4.24. The maximum absolute atomic E-state index is 11.7. The number of rotatable bonds is 3. The highest BCUT2D eigenvalue weighted by Gasteiger charge is 2.23. The predicted octanol–water partition coefficient (Wildman–Crippen LogP) is 5.55. The van der Waals surface area contributed by atoms with Gasteiger partial charge in [0.05, 0.1) is 22.8 Å². The summed E-state index contributed by atoms with van der Waals surface area (Å²) in [5.74, 6) is 0. The number of anilines is 1. The van der Waals surface area contributed by atoms with Crippen molar-refractivity contribution >= 4 is 45.6 Å². The molecule has 1 aliphatic rings. The van der Waals surface area contributed by atoms with E-state index >= 15 is 0 Å². The summed E-state index contributed by atoms with van der Waals surface area (Å²) >= 11 is 12.7. The van der Waals surface area contributed by atoms with E-state index < -0.39 is 0 Å². The number of benzene rings is 3. The van der Waals surface area contributed by atoms with Gasteiger partial charge >= 0.3 is 5.69 Å². The van der Waals surface area contributed by atoms with Crippen molar-refractivity contribution in [1.29, 1.82) is 0 Å². The highest BCUT2D eigenvalue weighted by atomic mass is 35.5. The molecule has 0 amide bonds. The Morgan fingerprint density at radius 3 is 2.61 bits per heavy atom. The van der Waals surface area contributed by atoms with Crippen molar-refractivity contribution in [2.75, 3.05) is 5.32 Å². The van der Waals surface area contributed by atoms with Gasteiger partial charge in [0, 0.05) is 39.0 Å². The van der Waals surface area contributed by atoms with Gasteiger partial charge in [-0.1, -0.05) is 54.0 Å². The molecule has 0 saturated carbocycles. The van der Waals surface area contributed by atoms with Crippen molar-refractivity contribution in [3.8, 4) is 0 Å². The molecule has 5 nitrogen and oxygen atoms in total. The molecule has 154 valence electrons. The van der Waals surface area contributed by atoms with Gasteiger partial charge < -0.3 is 15.3 Å². The molecule has 1 atom stereocenters. The summed E-state index contributed by atoms with van der Waals surface area (Å²) in [6, 6.07) is 18.9. The summed E-state index contributed by atoms with van der Waals surface area (Å²) in [5.41, 5.74) is 6.35. The summed E-state index contributed by atoms with van der Waals surface area (Å²) < 4.78 is 0. The van der Waals surface area contributed by atoms with E-state index in [1.165, 1.54) is 0 Å². The number of hydrogen-bond donors (Lipinski definition) is 3. The highest BCUT2D eigenvalue weighted by Crippen LogP contribution is 2.31. The number of imidazole rings is 1. The van der Waals surface area contributed by atoms with Crippen molar-refractivity contribution < 1.29 is 0 Å². The fourth-order valence-corrected chi connectivity index (χ4v) is 4.22. The molecule has 2 heterocycles. The van der Waals surface area contributed by atoms with E-state index in [1.54, 1.807) is 0 Å². The number of nitrogens with one attached hydrogen (secondary N) is 3. The molecule has 1 aromatic heterocycles. The van der Waals surface area contributed by atoms with Crippen LogP contribution in [0.15, 0.2) is 82.7 Å². The smallest absolute Gasteiger partial charge is 0.323 e. The molecule has 4 aromatic rings. The van der Waals surface area contributed by atoms with Crippen LogP contribution in [0, 0.1) is 0 Å². The van der Waals surface area contributed by atoms with Crippen LogP contribution < -0.4 is 11.0 Å². The topological polar surface area (TPSA) is 73.0 Å². The Labute approximate surface area is 188 Å². The Morgan fingerprint density at radius 1 is 0.968 bits per heavy atom. The number of aromatic nitrogens is 2. The molecule has 5 rings (SSSR count). The maximum Gasteiger partial charge on any atom is 0.323 e. The molecule has 0 radical (unpaired) electrons. The second kappa shape index (κ2) is 7.76. The minimum absolute atomic E-state index is 0.245. The van der Waals surface area contributed by atoms with Crippen LogP contribution in [0.2, 0.25) is 10.0 Å². The van der Waals surface area contributed by atoms with Gasteiger partial charge in [-0.15, -0.1) is 0 Å². The molecule has 0 saturated heterocycles. The van der Waals surface area contributed by atoms with Crippen LogP contribution in [0.3, 0.4) is 0 Å². The van der Waals surface area contributed by atoms with Crippen molar-refractivity contribution in [3.63, 3.8) is 0 Å². The van der Waals surface area contributed by atoms with Crippen LogP contribution in [0.4, 0.5) is 5.69 Å². The number of H-pyrrole nitrogens is 2. The fourth-order valence-electron chi connectivity index (χ4n) is 3.83. The zero-order valence-electron chi connectivity index (χ0n) is 16.4. The first-order valence-corrected chi connectivity index (χ1v) is 10.5. The van der Waals surface area contributed by atoms with Crippen LogP contribution in [0.5, 0.6) is 0 Å². The first-order chi connectivity index (χ1) is 15.0. The van der Waals surface area contributed by atoms with Gasteiger partial charge in [0.1, 0.15) is 0 Å². The molecule has 3 N–H and O–H groups in total. The molecule has 0 fully saturated rings. The van der Waals surface area contributed by atoms with E-state index in [0.29, 0.717) is 22.0 Å². The van der Waals surface area contributed by atoms with Crippen LogP contribution in [-0.4, -0.2) is 21.7 Å². The highest BCUT2D eigenvalue weighted by molar-refractivity contribution is 6.32. The predicted molar refractivity (Wildman–Crippen MR) is 128 cm³/mol. The summed E-state index contributed by atoms with van der Waals surface area (Å²) in [6.07, 6.45) is 0.597. The number of fused-ring (bicyclic) bond motifs is 2. The Bertz CT molecular complexity index is 1420. The zero-order chi connectivity index (χ0) is 21.5. The van der Waals surface area contributed by atoms with Gasteiger partial charge in [0.25, 0.3) is 0 Å². The normalized spacial score (nSPS) is 15.9. The summed E-state index contributed by atoms with van der Waals surface area (Å²) in [5, 5.41) is 4.71. The van der Waals surface area contributed by atoms with E-state index in [2.05, 4.69) is 21.9 Å². The average molecular weight is 449 g/mol. The van der Waals surface area contributed by atoms with Crippen molar-refractivity contribution in [3.05, 3.63) is 110 Å². The van der Waals surface area contributed by atoms with E-state index in [0.717, 1.165) is 39.3 Å². The van der Waals surface area contributed by atoms with Crippen LogP contribution in [0.25, 0.3) is 11.0 Å². The monoisotopic (exact) mass is 448 g/mol. The number of aromatic amines is 2. The minimum Gasteiger partial charge on any atom is -0.357 e. The summed E-state index contributed by atoms with van der Waals surface area (Å²) in [4.78, 5) is 22.4. The van der Waals surface area contributed by atoms with Gasteiger partial charge in [0.2, 0.25) is 0 Å². The van der Waals surface area contributed by atoms with Gasteiger partial charge in [-0.3, -0.25) is 4.99 Å². The van der Waals surface area contributed by atoms with E-state index in [-0.39, 0.29) is 11.7 Å². The van der Waals surface area contributed by atoms with Crippen LogP contribution in [-0.2, 0) is 6.42 Å². The largest absolute Gasteiger partial charge is 0.357 e. The lowest BCUT2D eigenvalue weighted by atomic mass is 9.99. The van der Waals surface area contributed by atoms with Crippen LogP contribution in [0.1, 0.15) is 16.7 Å². The standard InChI is InChI=1S/C24H18Cl2N4O/c1-13-21(10-14-4-2-3-5-18(14)26)28-23(17-12-16(25)7-9-19(17)27-13)15-6-8-20-22(11-15)30-24(31)29-20/h2-9,11-12,21,27H,1,10H2,(H2,29,30,31). The molecule has 0 bridgehead atoms. The first kappa shape index (κ1) is 19.7. The Morgan fingerprint density at radius 2 is 1.77 bits per heavy atom. The van der Waals surface area contributed by atoms with Crippen LogP contribution >= 0.6 is 23.2 Å². The maximum atomic E-state index is 11.7. The van der Waals surface area contributed by atoms with Gasteiger partial charge in [-0.05, 0) is 42.0 Å². The number of hydrogen-bond acceptors (Lipinski definition) is 3. The average Bonchev–Trinajstić information content (AvgIpc) is 3.06. The van der Waals surface area contributed by atoms with E-state index in [9.17, 15) is 4.79 Å². The van der Waals surface area contributed by atoms with E-state index in [4.69, 9.17) is 28.2 Å². The Kier molecular flexibility index (Phi) is 4.93. The molecule has 31 heavy (non-hydrogen) atoms. The Hall–Kier alpha value is -3.28. The molecule has 0 aliphatic carbocycles. The van der Waals surface area contributed by atoms with Gasteiger partial charge in [-0.2, -0.15) is 0 Å². The van der Waals surface area contributed by atoms with Gasteiger partial charge in [0.15, 0.2) is 0 Å². The lowest BCUT2D eigenvalue weighted by molar-refractivity contribution is 0.777. The summed E-state index contributed by atoms with van der Waals surface area (Å²) in [7, 11) is 0. The third-order valence-electron chi connectivity index (χ3n) is 5.38. The molecule has 0 spiro atoms. The van der Waals surface area contributed by atoms with Gasteiger partial charge in [-0.25, -0.2) is 4.79 Å². The second-order valence-electron chi connectivity index (χ2n) is 7.47. The third-order valence-corrected chi connectivity index (χ3v) is 5.98. The lowest BCUT2D eigenvalue weighted by Gasteiger charge is -2.16.